The molecule has 0 aliphatic carbocycles. The summed E-state index contributed by atoms with van der Waals surface area (Å²) in [6.45, 7) is 2.23. The predicted octanol–water partition coefficient (Wildman–Crippen LogP) is 1.84. The van der Waals surface area contributed by atoms with Gasteiger partial charge < -0.3 is 5.32 Å². The van der Waals surface area contributed by atoms with Crippen molar-refractivity contribution in [2.24, 2.45) is 7.05 Å². The van der Waals surface area contributed by atoms with Crippen LogP contribution in [0.25, 0.3) is 0 Å². The molecule has 0 atom stereocenters. The van der Waals surface area contributed by atoms with Crippen LogP contribution in [0.15, 0.2) is 30.5 Å². The van der Waals surface area contributed by atoms with Crippen molar-refractivity contribution < 1.29 is 9.18 Å². The van der Waals surface area contributed by atoms with Crippen LogP contribution >= 0.6 is 0 Å². The molecule has 1 N–H and O–H groups in total. The van der Waals surface area contributed by atoms with Crippen molar-refractivity contribution in [1.29, 1.82) is 0 Å². The summed E-state index contributed by atoms with van der Waals surface area (Å²) in [4.78, 5) is 11.9. The molecule has 0 unspecified atom stereocenters. The molecule has 4 nitrogen and oxygen atoms in total. The lowest BCUT2D eigenvalue weighted by Gasteiger charge is -2.07. The summed E-state index contributed by atoms with van der Waals surface area (Å²) in [6.07, 6.45) is 2.54. The molecule has 0 aliphatic rings. The van der Waals surface area contributed by atoms with E-state index in [0.29, 0.717) is 24.1 Å². The van der Waals surface area contributed by atoms with E-state index in [1.807, 2.05) is 19.3 Å². The lowest BCUT2D eigenvalue weighted by atomic mass is 10.1. The van der Waals surface area contributed by atoms with E-state index in [4.69, 9.17) is 0 Å². The molecule has 0 spiro atoms. The van der Waals surface area contributed by atoms with Gasteiger partial charge in [0, 0.05) is 31.8 Å². The average molecular weight is 261 g/mol. The van der Waals surface area contributed by atoms with Crippen molar-refractivity contribution in [3.63, 3.8) is 0 Å². The van der Waals surface area contributed by atoms with E-state index < -0.39 is 0 Å². The maximum atomic E-state index is 12.9. The Balaban J connectivity index is 1.90. The van der Waals surface area contributed by atoms with Gasteiger partial charge in [0.05, 0.1) is 5.69 Å². The van der Waals surface area contributed by atoms with Crippen LogP contribution < -0.4 is 5.32 Å². The number of nitrogens with zero attached hydrogens (tertiary/aromatic N) is 2. The fourth-order valence-corrected chi connectivity index (χ4v) is 1.88. The van der Waals surface area contributed by atoms with Crippen LogP contribution in [-0.2, 0) is 13.5 Å². The monoisotopic (exact) mass is 261 g/mol. The summed E-state index contributed by atoms with van der Waals surface area (Å²) in [5.74, 6) is -0.518. The third-order valence-electron chi connectivity index (χ3n) is 2.87. The fourth-order valence-electron chi connectivity index (χ4n) is 1.88. The maximum Gasteiger partial charge on any atom is 0.251 e. The van der Waals surface area contributed by atoms with Crippen molar-refractivity contribution in [3.05, 3.63) is 53.1 Å². The first kappa shape index (κ1) is 13.3. The van der Waals surface area contributed by atoms with Crippen LogP contribution in [0.5, 0.6) is 0 Å². The molecule has 100 valence electrons. The zero-order valence-corrected chi connectivity index (χ0v) is 11.0. The number of aryl methyl sites for hydroxylation is 2. The van der Waals surface area contributed by atoms with Gasteiger partial charge in [-0.3, -0.25) is 9.48 Å². The molecule has 0 saturated heterocycles. The normalized spacial score (nSPS) is 10.5. The molecule has 0 radical (unpaired) electrons. The summed E-state index contributed by atoms with van der Waals surface area (Å²) in [5.41, 5.74) is 2.07. The molecule has 19 heavy (non-hydrogen) atoms. The van der Waals surface area contributed by atoms with Crippen molar-refractivity contribution in [2.75, 3.05) is 6.54 Å². The molecular weight excluding hydrogens is 245 g/mol. The zero-order chi connectivity index (χ0) is 13.8. The van der Waals surface area contributed by atoms with Crippen molar-refractivity contribution in [3.8, 4) is 0 Å². The van der Waals surface area contributed by atoms with Crippen LogP contribution in [0.3, 0.4) is 0 Å². The molecule has 1 aromatic heterocycles. The van der Waals surface area contributed by atoms with Crippen LogP contribution in [0.2, 0.25) is 0 Å². The first-order chi connectivity index (χ1) is 9.06. The molecule has 0 aliphatic heterocycles. The molecule has 1 aromatic carbocycles. The van der Waals surface area contributed by atoms with Gasteiger partial charge in [-0.15, -0.1) is 0 Å². The Hall–Kier alpha value is -2.17. The Labute approximate surface area is 111 Å². The van der Waals surface area contributed by atoms with Crippen molar-refractivity contribution >= 4 is 5.91 Å². The number of benzene rings is 1. The number of amides is 1. The molecule has 0 saturated carbocycles. The molecule has 1 heterocycles. The van der Waals surface area contributed by atoms with Gasteiger partial charge in [-0.1, -0.05) is 0 Å². The Morgan fingerprint density at radius 2 is 2.21 bits per heavy atom. The second-order valence-corrected chi connectivity index (χ2v) is 4.45. The minimum absolute atomic E-state index is 0.187. The smallest absolute Gasteiger partial charge is 0.251 e. The molecule has 2 aromatic rings. The van der Waals surface area contributed by atoms with Crippen molar-refractivity contribution in [2.45, 2.75) is 13.3 Å². The summed E-state index contributed by atoms with van der Waals surface area (Å²) < 4.78 is 14.7. The summed E-state index contributed by atoms with van der Waals surface area (Å²) >= 11 is 0. The number of carbonyl (C=O) groups is 1. The lowest BCUT2D eigenvalue weighted by molar-refractivity contribution is 0.0953. The van der Waals surface area contributed by atoms with Gasteiger partial charge in [0.2, 0.25) is 0 Å². The molecule has 5 heteroatoms. The third-order valence-corrected chi connectivity index (χ3v) is 2.87. The van der Waals surface area contributed by atoms with Gasteiger partial charge in [0.25, 0.3) is 5.91 Å². The summed E-state index contributed by atoms with van der Waals surface area (Å²) in [7, 11) is 1.85. The number of carbonyl (C=O) groups excluding carboxylic acids is 1. The van der Waals surface area contributed by atoms with Gasteiger partial charge in [-0.25, -0.2) is 4.39 Å². The highest BCUT2D eigenvalue weighted by Gasteiger charge is 2.09. The van der Waals surface area contributed by atoms with Crippen LogP contribution in [0.1, 0.15) is 21.6 Å². The number of hydrogen-bond donors (Lipinski definition) is 1. The highest BCUT2D eigenvalue weighted by atomic mass is 19.1. The minimum Gasteiger partial charge on any atom is -0.352 e. The van der Waals surface area contributed by atoms with E-state index in [0.717, 1.165) is 5.69 Å². The average Bonchev–Trinajstić information content (AvgIpc) is 2.75. The van der Waals surface area contributed by atoms with Gasteiger partial charge in [0.1, 0.15) is 5.82 Å². The number of aromatic nitrogens is 2. The van der Waals surface area contributed by atoms with E-state index in [-0.39, 0.29) is 11.7 Å². The molecule has 2 rings (SSSR count). The fraction of sp³-hybridized carbons (Fsp3) is 0.286. The first-order valence-electron chi connectivity index (χ1n) is 6.09. The Kier molecular flexibility index (Phi) is 3.94. The molecular formula is C14H16FN3O. The van der Waals surface area contributed by atoms with E-state index in [1.165, 1.54) is 18.2 Å². The Bertz CT molecular complexity index is 592. The maximum absolute atomic E-state index is 12.9. The summed E-state index contributed by atoms with van der Waals surface area (Å²) in [6, 6.07) is 6.06. The highest BCUT2D eigenvalue weighted by molar-refractivity contribution is 5.95. The number of hydrogen-bond acceptors (Lipinski definition) is 2. The standard InChI is InChI=1S/C14H16FN3O/c1-10-9-11(15)3-4-13(10)14(19)16-7-5-12-6-8-18(2)17-12/h3-4,6,8-9H,5,7H2,1-2H3,(H,16,19). The van der Waals surface area contributed by atoms with Crippen LogP contribution in [-0.4, -0.2) is 22.2 Å². The topological polar surface area (TPSA) is 46.9 Å². The van der Waals surface area contributed by atoms with Gasteiger partial charge in [-0.2, -0.15) is 5.10 Å². The van der Waals surface area contributed by atoms with Crippen molar-refractivity contribution in [1.82, 2.24) is 15.1 Å². The number of halogens is 1. The van der Waals surface area contributed by atoms with Gasteiger partial charge in [0.15, 0.2) is 0 Å². The Morgan fingerprint density at radius 3 is 2.84 bits per heavy atom. The number of rotatable bonds is 4. The van der Waals surface area contributed by atoms with E-state index in [9.17, 15) is 9.18 Å². The molecule has 1 amide bonds. The predicted molar refractivity (Wildman–Crippen MR) is 70.4 cm³/mol. The van der Waals surface area contributed by atoms with Gasteiger partial charge >= 0.3 is 0 Å². The van der Waals surface area contributed by atoms with Crippen LogP contribution in [0, 0.1) is 12.7 Å². The number of nitrogens with one attached hydrogen (secondary N) is 1. The second kappa shape index (κ2) is 5.65. The highest BCUT2D eigenvalue weighted by Crippen LogP contribution is 2.09. The summed E-state index contributed by atoms with van der Waals surface area (Å²) in [5, 5.41) is 7.03. The SMILES string of the molecule is Cc1cc(F)ccc1C(=O)NCCc1ccn(C)n1. The molecule has 0 bridgehead atoms. The third kappa shape index (κ3) is 3.40. The largest absolute Gasteiger partial charge is 0.352 e. The van der Waals surface area contributed by atoms with E-state index in [2.05, 4.69) is 10.4 Å². The lowest BCUT2D eigenvalue weighted by Crippen LogP contribution is -2.26. The first-order valence-corrected chi connectivity index (χ1v) is 6.09. The zero-order valence-electron chi connectivity index (χ0n) is 11.0. The molecule has 0 fully saturated rings. The van der Waals surface area contributed by atoms with Crippen LogP contribution in [0.4, 0.5) is 4.39 Å². The quantitative estimate of drug-likeness (QED) is 0.913. The minimum atomic E-state index is -0.331. The van der Waals surface area contributed by atoms with Gasteiger partial charge in [-0.05, 0) is 36.8 Å². The van der Waals surface area contributed by atoms with E-state index >= 15 is 0 Å². The Morgan fingerprint density at radius 1 is 1.42 bits per heavy atom. The second-order valence-electron chi connectivity index (χ2n) is 4.45. The van der Waals surface area contributed by atoms with E-state index in [1.54, 1.807) is 11.6 Å².